The molecule has 0 radical (unpaired) electrons. The van der Waals surface area contributed by atoms with Gasteiger partial charge in [0.2, 0.25) is 0 Å². The highest BCUT2D eigenvalue weighted by atomic mass is 16.3. The lowest BCUT2D eigenvalue weighted by atomic mass is 9.61. The van der Waals surface area contributed by atoms with E-state index in [1.807, 2.05) is 0 Å². The minimum Gasteiger partial charge on any atom is -0.393 e. The lowest BCUT2D eigenvalue weighted by Gasteiger charge is -2.45. The van der Waals surface area contributed by atoms with Gasteiger partial charge >= 0.3 is 0 Å². The maximum atomic E-state index is 10.4. The smallest absolute Gasteiger partial charge is 0.0573 e. The second kappa shape index (κ2) is 5.48. The lowest BCUT2D eigenvalue weighted by molar-refractivity contribution is -0.0285. The summed E-state index contributed by atoms with van der Waals surface area (Å²) in [6.45, 7) is 7.31. The number of fused-ring (bicyclic) bond motifs is 1. The van der Waals surface area contributed by atoms with Crippen LogP contribution >= 0.6 is 0 Å². The SMILES string of the molecule is CC1C=CC(C[C@@H](C)C2CCC3C(O)CCCC32C)C1. The fraction of sp³-hybridized carbons (Fsp3) is 0.895. The molecular weight excluding hydrogens is 244 g/mol. The molecule has 0 spiro atoms. The average Bonchev–Trinajstić information content (AvgIpc) is 2.93. The molecule has 0 aromatic rings. The van der Waals surface area contributed by atoms with Crippen LogP contribution in [-0.2, 0) is 0 Å². The molecule has 1 nitrogen and oxygen atoms in total. The molecule has 0 amide bonds. The van der Waals surface area contributed by atoms with Crippen LogP contribution in [0.25, 0.3) is 0 Å². The van der Waals surface area contributed by atoms with Crippen LogP contribution in [-0.4, -0.2) is 11.2 Å². The van der Waals surface area contributed by atoms with Crippen molar-refractivity contribution in [3.63, 3.8) is 0 Å². The molecule has 0 saturated heterocycles. The van der Waals surface area contributed by atoms with Crippen LogP contribution in [0.3, 0.4) is 0 Å². The molecule has 1 heteroatoms. The topological polar surface area (TPSA) is 20.2 Å². The molecule has 6 unspecified atom stereocenters. The summed E-state index contributed by atoms with van der Waals surface area (Å²) in [4.78, 5) is 0. The summed E-state index contributed by atoms with van der Waals surface area (Å²) in [5, 5.41) is 10.4. The summed E-state index contributed by atoms with van der Waals surface area (Å²) >= 11 is 0. The molecular formula is C19H32O. The van der Waals surface area contributed by atoms with Crippen molar-refractivity contribution in [1.29, 1.82) is 0 Å². The van der Waals surface area contributed by atoms with E-state index < -0.39 is 0 Å². The molecule has 0 aromatic heterocycles. The standard InChI is InChI=1S/C19H32O/c1-13-6-7-15(11-13)12-14(2)16-8-9-17-18(20)5-4-10-19(16,17)3/h6-7,13-18,20H,4-5,8-12H2,1-3H3/t13?,14-,15?,16?,17?,18?,19?/m1/s1. The van der Waals surface area contributed by atoms with E-state index in [0.29, 0.717) is 11.3 Å². The molecule has 20 heavy (non-hydrogen) atoms. The first kappa shape index (κ1) is 14.6. The molecule has 3 aliphatic rings. The molecule has 2 fully saturated rings. The molecule has 7 atom stereocenters. The second-order valence-corrected chi connectivity index (χ2v) is 8.33. The van der Waals surface area contributed by atoms with E-state index in [1.54, 1.807) is 0 Å². The predicted octanol–water partition coefficient (Wildman–Crippen LogP) is 4.80. The van der Waals surface area contributed by atoms with Crippen LogP contribution in [0.2, 0.25) is 0 Å². The molecule has 0 aromatic carbocycles. The van der Waals surface area contributed by atoms with Gasteiger partial charge in [0.15, 0.2) is 0 Å². The first-order valence-corrected chi connectivity index (χ1v) is 8.87. The monoisotopic (exact) mass is 276 g/mol. The van der Waals surface area contributed by atoms with Crippen molar-refractivity contribution < 1.29 is 5.11 Å². The van der Waals surface area contributed by atoms with E-state index in [9.17, 15) is 5.11 Å². The van der Waals surface area contributed by atoms with Crippen LogP contribution in [0.5, 0.6) is 0 Å². The van der Waals surface area contributed by atoms with Crippen LogP contribution in [0.1, 0.15) is 65.7 Å². The summed E-state index contributed by atoms with van der Waals surface area (Å²) in [6, 6.07) is 0. The Bertz CT molecular complexity index is 374. The van der Waals surface area contributed by atoms with Gasteiger partial charge in [-0.15, -0.1) is 0 Å². The zero-order valence-electron chi connectivity index (χ0n) is 13.5. The normalized spacial score (nSPS) is 49.3. The molecule has 0 aliphatic heterocycles. The summed E-state index contributed by atoms with van der Waals surface area (Å²) in [6.07, 6.45) is 13.8. The molecule has 2 saturated carbocycles. The molecule has 3 rings (SSSR count). The third-order valence-electron chi connectivity index (χ3n) is 6.91. The van der Waals surface area contributed by atoms with Gasteiger partial charge in [0.05, 0.1) is 6.10 Å². The zero-order chi connectivity index (χ0) is 14.3. The van der Waals surface area contributed by atoms with E-state index in [4.69, 9.17) is 0 Å². The lowest BCUT2D eigenvalue weighted by Crippen LogP contribution is -2.41. The Morgan fingerprint density at radius 1 is 1.25 bits per heavy atom. The van der Waals surface area contributed by atoms with Crippen molar-refractivity contribution in [3.05, 3.63) is 12.2 Å². The third-order valence-corrected chi connectivity index (χ3v) is 6.91. The van der Waals surface area contributed by atoms with Crippen LogP contribution in [0.15, 0.2) is 12.2 Å². The number of hydrogen-bond donors (Lipinski definition) is 1. The summed E-state index contributed by atoms with van der Waals surface area (Å²) in [5.41, 5.74) is 0.422. The second-order valence-electron chi connectivity index (χ2n) is 8.33. The highest BCUT2D eigenvalue weighted by molar-refractivity contribution is 5.04. The number of aliphatic hydroxyl groups excluding tert-OH is 1. The van der Waals surface area contributed by atoms with E-state index in [0.717, 1.165) is 30.1 Å². The molecule has 1 N–H and O–H groups in total. The van der Waals surface area contributed by atoms with Gasteiger partial charge in [-0.2, -0.15) is 0 Å². The van der Waals surface area contributed by atoms with E-state index in [2.05, 4.69) is 32.9 Å². The van der Waals surface area contributed by atoms with Crippen molar-refractivity contribution in [3.8, 4) is 0 Å². The van der Waals surface area contributed by atoms with Gasteiger partial charge in [0.25, 0.3) is 0 Å². The quantitative estimate of drug-likeness (QED) is 0.734. The Morgan fingerprint density at radius 2 is 2.05 bits per heavy atom. The zero-order valence-corrected chi connectivity index (χ0v) is 13.5. The summed E-state index contributed by atoms with van der Waals surface area (Å²) in [7, 11) is 0. The number of aliphatic hydroxyl groups is 1. The Kier molecular flexibility index (Phi) is 4.01. The number of rotatable bonds is 3. The Hall–Kier alpha value is -0.300. The Balaban J connectivity index is 1.66. The van der Waals surface area contributed by atoms with Crippen molar-refractivity contribution >= 4 is 0 Å². The first-order valence-electron chi connectivity index (χ1n) is 8.87. The van der Waals surface area contributed by atoms with Gasteiger partial charge < -0.3 is 5.11 Å². The van der Waals surface area contributed by atoms with Crippen molar-refractivity contribution in [2.75, 3.05) is 0 Å². The van der Waals surface area contributed by atoms with Crippen molar-refractivity contribution in [2.45, 2.75) is 71.8 Å². The van der Waals surface area contributed by atoms with E-state index in [1.165, 1.54) is 38.5 Å². The molecule has 0 bridgehead atoms. The predicted molar refractivity (Wildman–Crippen MR) is 84.4 cm³/mol. The average molecular weight is 276 g/mol. The summed E-state index contributed by atoms with van der Waals surface area (Å²) in [5.74, 6) is 3.84. The first-order chi connectivity index (χ1) is 9.50. The molecule has 3 aliphatic carbocycles. The maximum absolute atomic E-state index is 10.4. The Labute approximate surface area is 124 Å². The van der Waals surface area contributed by atoms with Crippen LogP contribution < -0.4 is 0 Å². The Morgan fingerprint density at radius 3 is 2.75 bits per heavy atom. The van der Waals surface area contributed by atoms with Crippen molar-refractivity contribution in [1.82, 2.24) is 0 Å². The largest absolute Gasteiger partial charge is 0.393 e. The van der Waals surface area contributed by atoms with Crippen LogP contribution in [0.4, 0.5) is 0 Å². The fourth-order valence-corrected chi connectivity index (χ4v) is 5.92. The van der Waals surface area contributed by atoms with Gasteiger partial charge in [0.1, 0.15) is 0 Å². The number of hydrogen-bond acceptors (Lipinski definition) is 1. The van der Waals surface area contributed by atoms with Gasteiger partial charge in [-0.1, -0.05) is 39.3 Å². The number of allylic oxidation sites excluding steroid dienone is 2. The van der Waals surface area contributed by atoms with Gasteiger partial charge in [-0.05, 0) is 73.5 Å². The molecule has 0 heterocycles. The van der Waals surface area contributed by atoms with E-state index in [-0.39, 0.29) is 6.10 Å². The minimum atomic E-state index is -0.0163. The van der Waals surface area contributed by atoms with Gasteiger partial charge in [-0.25, -0.2) is 0 Å². The van der Waals surface area contributed by atoms with Crippen molar-refractivity contribution in [2.24, 2.45) is 35.0 Å². The maximum Gasteiger partial charge on any atom is 0.0573 e. The highest BCUT2D eigenvalue weighted by Crippen LogP contribution is 2.58. The minimum absolute atomic E-state index is 0.0163. The van der Waals surface area contributed by atoms with Gasteiger partial charge in [0, 0.05) is 0 Å². The highest BCUT2D eigenvalue weighted by Gasteiger charge is 2.52. The molecule has 114 valence electrons. The van der Waals surface area contributed by atoms with E-state index >= 15 is 0 Å². The van der Waals surface area contributed by atoms with Gasteiger partial charge in [-0.3, -0.25) is 0 Å². The van der Waals surface area contributed by atoms with Crippen LogP contribution in [0, 0.1) is 35.0 Å². The fourth-order valence-electron chi connectivity index (χ4n) is 5.92. The summed E-state index contributed by atoms with van der Waals surface area (Å²) < 4.78 is 0. The third kappa shape index (κ3) is 2.47.